The zero-order valence-corrected chi connectivity index (χ0v) is 5.40. The molecule has 0 atom stereocenters. The van der Waals surface area contributed by atoms with Gasteiger partial charge in [0.1, 0.15) is 0 Å². The van der Waals surface area contributed by atoms with Crippen LogP contribution in [0.4, 0.5) is 22.0 Å². The molecule has 0 aliphatic heterocycles. The highest BCUT2D eigenvalue weighted by atomic mass is 35.5. The van der Waals surface area contributed by atoms with Gasteiger partial charge in [-0.25, -0.2) is 4.39 Å². The fourth-order valence-electron chi connectivity index (χ4n) is 0. The molecule has 10 heavy (non-hydrogen) atoms. The summed E-state index contributed by atoms with van der Waals surface area (Å²) < 4.78 is 51.0. The zero-order valence-electron chi connectivity index (χ0n) is 4.58. The Morgan fingerprint density at radius 3 is 1.20 bits per heavy atom. The molecule has 0 nitrogen and oxygen atoms in total. The second kappa shape index (κ2) is 11.2. The zero-order chi connectivity index (χ0) is 7.86. The fourth-order valence-corrected chi connectivity index (χ4v) is 0. The minimum atomic E-state index is -2.29. The van der Waals surface area contributed by atoms with Crippen LogP contribution in [0.1, 0.15) is 0 Å². The first-order valence-electron chi connectivity index (χ1n) is 1.62. The Morgan fingerprint density at radius 2 is 1.20 bits per heavy atom. The molecule has 0 heterocycles. The number of halogens is 6. The van der Waals surface area contributed by atoms with E-state index in [1.807, 2.05) is 0 Å². The van der Waals surface area contributed by atoms with Gasteiger partial charge in [0.2, 0.25) is 0 Å². The lowest BCUT2D eigenvalue weighted by Crippen LogP contribution is -1.42. The number of hydrogen-bond acceptors (Lipinski definition) is 0. The number of hydrogen-bond donors (Lipinski definition) is 0. The van der Waals surface area contributed by atoms with Crippen LogP contribution in [0.2, 0.25) is 0 Å². The first-order chi connectivity index (χ1) is 4.00. The van der Waals surface area contributed by atoms with Crippen molar-refractivity contribution in [2.45, 2.75) is 0 Å². The number of rotatable bonds is 0. The molecule has 0 bridgehead atoms. The summed E-state index contributed by atoms with van der Waals surface area (Å²) in [4.78, 5) is 0. The predicted molar refractivity (Wildman–Crippen MR) is 30.0 cm³/mol. The van der Waals surface area contributed by atoms with Crippen LogP contribution in [0.3, 0.4) is 0 Å². The van der Waals surface area contributed by atoms with Gasteiger partial charge in [0, 0.05) is 0 Å². The van der Waals surface area contributed by atoms with Crippen LogP contribution in [-0.2, 0) is 0 Å². The summed E-state index contributed by atoms with van der Waals surface area (Å²) in [5.74, 6) is 0. The largest absolute Gasteiger partial charge is 0.298 e. The van der Waals surface area contributed by atoms with E-state index in [4.69, 9.17) is 0 Å². The average molecular weight is 183 g/mol. The molecule has 0 fully saturated rings. The van der Waals surface area contributed by atoms with Crippen molar-refractivity contribution in [3.05, 3.63) is 25.1 Å². The summed E-state index contributed by atoms with van der Waals surface area (Å²) in [7, 11) is 0. The van der Waals surface area contributed by atoms with Gasteiger partial charge in [-0.2, -0.15) is 17.6 Å². The molecule has 0 saturated carbocycles. The van der Waals surface area contributed by atoms with Gasteiger partial charge < -0.3 is 0 Å². The lowest BCUT2D eigenvalue weighted by atomic mass is 11.1. The van der Waals surface area contributed by atoms with E-state index in [-0.39, 0.29) is 12.4 Å². The minimum Gasteiger partial charge on any atom is -0.210 e. The van der Waals surface area contributed by atoms with Crippen molar-refractivity contribution < 1.29 is 22.0 Å². The molecule has 0 spiro atoms. The maximum Gasteiger partial charge on any atom is 0.298 e. The van der Waals surface area contributed by atoms with E-state index in [1.165, 1.54) is 0 Å². The maximum absolute atomic E-state index is 10.2. The lowest BCUT2D eigenvalue weighted by Gasteiger charge is -1.59. The Kier molecular flexibility index (Phi) is 18.2. The molecule has 0 aliphatic carbocycles. The highest BCUT2D eigenvalue weighted by Crippen LogP contribution is 1.93. The summed E-state index contributed by atoms with van der Waals surface area (Å²) in [5.41, 5.74) is 0. The molecular weight excluding hydrogens is 178 g/mol. The van der Waals surface area contributed by atoms with Crippen molar-refractivity contribution in [1.82, 2.24) is 0 Å². The summed E-state index contributed by atoms with van der Waals surface area (Å²) >= 11 is 0. The van der Waals surface area contributed by atoms with Gasteiger partial charge in [-0.05, 0) is 6.58 Å². The average Bonchev–Trinajstić information content (AvgIpc) is 1.65. The van der Waals surface area contributed by atoms with Gasteiger partial charge in [-0.15, -0.1) is 12.4 Å². The van der Waals surface area contributed by atoms with Crippen LogP contribution < -0.4 is 0 Å². The molecule has 0 aromatic carbocycles. The van der Waals surface area contributed by atoms with Gasteiger partial charge >= 0.3 is 0 Å². The third-order valence-corrected chi connectivity index (χ3v) is 0.0825. The molecular formula is C4H4ClF5. The topological polar surface area (TPSA) is 0 Å². The summed E-state index contributed by atoms with van der Waals surface area (Å²) in [6, 6.07) is 0. The van der Waals surface area contributed by atoms with Crippen molar-refractivity contribution in [3.63, 3.8) is 0 Å². The molecule has 0 unspecified atom stereocenters. The maximum atomic E-state index is 10.2. The highest BCUT2D eigenvalue weighted by Gasteiger charge is 1.78. The fraction of sp³-hybridized carbons (Fsp3) is 0. The second-order valence-corrected chi connectivity index (χ2v) is 0.737. The van der Waals surface area contributed by atoms with Crippen LogP contribution in [0.25, 0.3) is 0 Å². The van der Waals surface area contributed by atoms with E-state index < -0.39 is 18.5 Å². The van der Waals surface area contributed by atoms with Gasteiger partial charge in [0.15, 0.2) is 6.33 Å². The van der Waals surface area contributed by atoms with E-state index in [1.54, 1.807) is 0 Å². The van der Waals surface area contributed by atoms with Crippen LogP contribution in [0.5, 0.6) is 0 Å². The Balaban J connectivity index is -0.0000000910. The normalized spacial score (nSPS) is 6.10. The molecule has 0 amide bonds. The van der Waals surface area contributed by atoms with Crippen LogP contribution >= 0.6 is 12.4 Å². The van der Waals surface area contributed by atoms with Crippen molar-refractivity contribution in [2.24, 2.45) is 0 Å². The predicted octanol–water partition coefficient (Wildman–Crippen LogP) is 3.51. The van der Waals surface area contributed by atoms with Crippen molar-refractivity contribution >= 4 is 12.4 Å². The standard InChI is InChI=1S/C2HF3.C2H2F2.ClH/c3-1-2(4)5;1-2(3)4;/h1H;1H2;1H. The van der Waals surface area contributed by atoms with E-state index in [0.29, 0.717) is 0 Å². The monoisotopic (exact) mass is 182 g/mol. The summed E-state index contributed by atoms with van der Waals surface area (Å²) in [5, 5.41) is 0. The van der Waals surface area contributed by atoms with Crippen molar-refractivity contribution in [2.75, 3.05) is 0 Å². The molecule has 0 rings (SSSR count). The molecule has 0 radical (unpaired) electrons. The minimum absolute atomic E-state index is 0. The van der Waals surface area contributed by atoms with E-state index in [0.717, 1.165) is 0 Å². The molecule has 0 saturated heterocycles. The Hall–Kier alpha value is -0.580. The molecule has 0 aliphatic rings. The molecule has 6 heteroatoms. The van der Waals surface area contributed by atoms with Crippen LogP contribution in [0, 0.1) is 0 Å². The van der Waals surface area contributed by atoms with E-state index >= 15 is 0 Å². The third kappa shape index (κ3) is 152. The molecule has 0 aromatic heterocycles. The Bertz CT molecular complexity index is 102. The SMILES string of the molecule is C=C(F)F.Cl.FC=C(F)F. The van der Waals surface area contributed by atoms with E-state index in [2.05, 4.69) is 6.58 Å². The van der Waals surface area contributed by atoms with Crippen molar-refractivity contribution in [1.29, 1.82) is 0 Å². The van der Waals surface area contributed by atoms with Gasteiger partial charge in [-0.1, -0.05) is 0 Å². The van der Waals surface area contributed by atoms with Gasteiger partial charge in [-0.3, -0.25) is 0 Å². The smallest absolute Gasteiger partial charge is 0.210 e. The quantitative estimate of drug-likeness (QED) is 0.503. The molecule has 62 valence electrons. The van der Waals surface area contributed by atoms with Crippen LogP contribution in [-0.4, -0.2) is 0 Å². The first-order valence-corrected chi connectivity index (χ1v) is 1.62. The summed E-state index contributed by atoms with van der Waals surface area (Å²) in [6.07, 6.45) is -4.87. The van der Waals surface area contributed by atoms with Gasteiger partial charge in [0.25, 0.3) is 12.2 Å². The first kappa shape index (κ1) is 16.2. The van der Waals surface area contributed by atoms with Crippen LogP contribution in [0.15, 0.2) is 25.1 Å². The highest BCUT2D eigenvalue weighted by molar-refractivity contribution is 5.85. The Labute approximate surface area is 60.4 Å². The third-order valence-electron chi connectivity index (χ3n) is 0.0825. The van der Waals surface area contributed by atoms with Crippen molar-refractivity contribution in [3.8, 4) is 0 Å². The lowest BCUT2D eigenvalue weighted by molar-refractivity contribution is 0.400. The molecule has 0 aromatic rings. The second-order valence-electron chi connectivity index (χ2n) is 0.737. The van der Waals surface area contributed by atoms with Gasteiger partial charge in [0.05, 0.1) is 0 Å². The molecule has 0 N–H and O–H groups in total. The summed E-state index contributed by atoms with van der Waals surface area (Å²) in [6.45, 7) is 2.22. The van der Waals surface area contributed by atoms with E-state index in [9.17, 15) is 22.0 Å². The Morgan fingerprint density at radius 1 is 1.10 bits per heavy atom.